The summed E-state index contributed by atoms with van der Waals surface area (Å²) >= 11 is 1.54. The Morgan fingerprint density at radius 2 is 2.10 bits per heavy atom. The van der Waals surface area contributed by atoms with Gasteiger partial charge in [-0.2, -0.15) is 5.26 Å². The van der Waals surface area contributed by atoms with Gasteiger partial charge in [0.25, 0.3) is 0 Å². The normalized spacial score (nSPS) is 10.3. The van der Waals surface area contributed by atoms with Crippen LogP contribution in [0.15, 0.2) is 42.5 Å². The Bertz CT molecular complexity index is 844. The van der Waals surface area contributed by atoms with Crippen molar-refractivity contribution in [1.82, 2.24) is 4.98 Å². The molecule has 0 aliphatic carbocycles. The van der Waals surface area contributed by atoms with Gasteiger partial charge in [0.15, 0.2) is 0 Å². The second kappa shape index (κ2) is 5.35. The van der Waals surface area contributed by atoms with E-state index in [1.54, 1.807) is 18.2 Å². The Hall–Kier alpha value is -2.71. The Labute approximate surface area is 125 Å². The van der Waals surface area contributed by atoms with Crippen molar-refractivity contribution in [3.63, 3.8) is 0 Å². The van der Waals surface area contributed by atoms with Crippen LogP contribution in [0.3, 0.4) is 0 Å². The predicted molar refractivity (Wildman–Crippen MR) is 84.1 cm³/mol. The number of hydrogen-bond donors (Lipinski definition) is 1. The monoisotopic (exact) mass is 293 g/mol. The minimum atomic E-state index is -0.151. The van der Waals surface area contributed by atoms with Crippen molar-refractivity contribution in [2.24, 2.45) is 0 Å². The topological polar surface area (TPSA) is 65.8 Å². The molecule has 102 valence electrons. The number of rotatable bonds is 2. The number of nitriles is 1. The summed E-state index contributed by atoms with van der Waals surface area (Å²) in [6.45, 7) is 1.46. The smallest absolute Gasteiger partial charge is 0.221 e. The highest BCUT2D eigenvalue weighted by Crippen LogP contribution is 2.35. The number of aromatic nitrogens is 1. The van der Waals surface area contributed by atoms with E-state index in [0.29, 0.717) is 11.3 Å². The quantitative estimate of drug-likeness (QED) is 0.781. The summed E-state index contributed by atoms with van der Waals surface area (Å²) in [5.41, 5.74) is 2.89. The van der Waals surface area contributed by atoms with E-state index in [1.165, 1.54) is 18.3 Å². The van der Waals surface area contributed by atoms with Crippen LogP contribution in [0.25, 0.3) is 20.8 Å². The molecule has 1 N–H and O–H groups in total. The molecule has 0 fully saturated rings. The summed E-state index contributed by atoms with van der Waals surface area (Å²) in [6, 6.07) is 15.1. The first-order valence-electron chi connectivity index (χ1n) is 6.35. The third kappa shape index (κ3) is 2.62. The fourth-order valence-electron chi connectivity index (χ4n) is 2.08. The van der Waals surface area contributed by atoms with E-state index in [-0.39, 0.29) is 5.91 Å². The van der Waals surface area contributed by atoms with Crippen LogP contribution in [-0.4, -0.2) is 10.9 Å². The largest absolute Gasteiger partial charge is 0.326 e. The maximum absolute atomic E-state index is 11.3. The first-order valence-corrected chi connectivity index (χ1v) is 7.17. The zero-order valence-electron chi connectivity index (χ0n) is 11.3. The number of benzene rings is 2. The van der Waals surface area contributed by atoms with Crippen LogP contribution < -0.4 is 5.32 Å². The highest BCUT2D eigenvalue weighted by atomic mass is 32.1. The molecule has 1 amide bonds. The molecule has 1 aromatic heterocycles. The number of nitrogens with one attached hydrogen (secondary N) is 1. The van der Waals surface area contributed by atoms with E-state index in [9.17, 15) is 4.79 Å². The summed E-state index contributed by atoms with van der Waals surface area (Å²) < 4.78 is 1.07. The van der Waals surface area contributed by atoms with Crippen LogP contribution in [0.5, 0.6) is 0 Å². The highest BCUT2D eigenvalue weighted by molar-refractivity contribution is 7.21. The van der Waals surface area contributed by atoms with Gasteiger partial charge in [0.05, 0.1) is 27.5 Å². The number of amides is 1. The zero-order chi connectivity index (χ0) is 14.8. The Morgan fingerprint density at radius 3 is 2.81 bits per heavy atom. The van der Waals surface area contributed by atoms with Crippen molar-refractivity contribution >= 4 is 33.1 Å². The van der Waals surface area contributed by atoms with Gasteiger partial charge in [0.2, 0.25) is 5.91 Å². The standard InChI is InChI=1S/C16H11N3OS/c1-10(20)18-13-7-6-11(9-17)8-12(13)16-19-14-4-2-3-5-15(14)21-16/h2-8H,1H3,(H,18,20). The lowest BCUT2D eigenvalue weighted by Gasteiger charge is -2.07. The minimum absolute atomic E-state index is 0.151. The molecule has 3 aromatic rings. The molecule has 3 rings (SSSR count). The van der Waals surface area contributed by atoms with Crippen LogP contribution >= 0.6 is 11.3 Å². The summed E-state index contributed by atoms with van der Waals surface area (Å²) in [7, 11) is 0. The Kier molecular flexibility index (Phi) is 3.38. The molecule has 0 saturated heterocycles. The summed E-state index contributed by atoms with van der Waals surface area (Å²) in [5, 5.41) is 12.6. The third-order valence-electron chi connectivity index (χ3n) is 2.98. The van der Waals surface area contributed by atoms with Crippen LogP contribution in [0, 0.1) is 11.3 Å². The molecule has 0 aliphatic heterocycles. The van der Waals surface area contributed by atoms with Crippen molar-refractivity contribution in [2.75, 3.05) is 5.32 Å². The predicted octanol–water partition coefficient (Wildman–Crippen LogP) is 3.79. The van der Waals surface area contributed by atoms with E-state index in [4.69, 9.17) is 5.26 Å². The van der Waals surface area contributed by atoms with E-state index in [1.807, 2.05) is 24.3 Å². The molecular weight excluding hydrogens is 282 g/mol. The fourth-order valence-corrected chi connectivity index (χ4v) is 3.07. The molecule has 0 bridgehead atoms. The van der Waals surface area contributed by atoms with Gasteiger partial charge in [-0.3, -0.25) is 4.79 Å². The van der Waals surface area contributed by atoms with Gasteiger partial charge in [-0.25, -0.2) is 4.98 Å². The number of carbonyl (C=O) groups is 1. The Balaban J connectivity index is 2.18. The average molecular weight is 293 g/mol. The molecule has 5 heteroatoms. The van der Waals surface area contributed by atoms with Crippen LogP contribution in [0.1, 0.15) is 12.5 Å². The molecule has 0 saturated carbocycles. The maximum atomic E-state index is 11.3. The molecule has 4 nitrogen and oxygen atoms in total. The van der Waals surface area contributed by atoms with Gasteiger partial charge in [-0.15, -0.1) is 11.3 Å². The van der Waals surface area contributed by atoms with E-state index in [2.05, 4.69) is 16.4 Å². The van der Waals surface area contributed by atoms with Crippen LogP contribution in [-0.2, 0) is 4.79 Å². The maximum Gasteiger partial charge on any atom is 0.221 e. The lowest BCUT2D eigenvalue weighted by molar-refractivity contribution is -0.114. The first kappa shape index (κ1) is 13.3. The van der Waals surface area contributed by atoms with Gasteiger partial charge in [0.1, 0.15) is 5.01 Å². The first-order chi connectivity index (χ1) is 10.2. The number of anilines is 1. The lowest BCUT2D eigenvalue weighted by atomic mass is 10.1. The van der Waals surface area contributed by atoms with Gasteiger partial charge >= 0.3 is 0 Å². The molecule has 1 heterocycles. The van der Waals surface area contributed by atoms with Crippen LogP contribution in [0.2, 0.25) is 0 Å². The van der Waals surface area contributed by atoms with E-state index < -0.39 is 0 Å². The average Bonchev–Trinajstić information content (AvgIpc) is 2.90. The molecule has 0 atom stereocenters. The van der Waals surface area contributed by atoms with Crippen LogP contribution in [0.4, 0.5) is 5.69 Å². The number of nitrogens with zero attached hydrogens (tertiary/aromatic N) is 2. The lowest BCUT2D eigenvalue weighted by Crippen LogP contribution is -2.07. The molecule has 0 spiro atoms. The van der Waals surface area contributed by atoms with Gasteiger partial charge in [-0.05, 0) is 30.3 Å². The van der Waals surface area contributed by atoms with Crippen molar-refractivity contribution < 1.29 is 4.79 Å². The second-order valence-electron chi connectivity index (χ2n) is 4.54. The zero-order valence-corrected chi connectivity index (χ0v) is 12.1. The fraction of sp³-hybridized carbons (Fsp3) is 0.0625. The number of fused-ring (bicyclic) bond motifs is 1. The van der Waals surface area contributed by atoms with Crippen molar-refractivity contribution in [2.45, 2.75) is 6.92 Å². The van der Waals surface area contributed by atoms with Crippen molar-refractivity contribution in [3.8, 4) is 16.6 Å². The number of para-hydroxylation sites is 1. The number of thiazole rings is 1. The molecule has 0 radical (unpaired) electrons. The SMILES string of the molecule is CC(=O)Nc1ccc(C#N)cc1-c1nc2ccccc2s1. The molecule has 21 heavy (non-hydrogen) atoms. The Morgan fingerprint density at radius 1 is 1.29 bits per heavy atom. The number of carbonyl (C=O) groups excluding carboxylic acids is 1. The van der Waals surface area contributed by atoms with Crippen molar-refractivity contribution in [3.05, 3.63) is 48.0 Å². The highest BCUT2D eigenvalue weighted by Gasteiger charge is 2.12. The van der Waals surface area contributed by atoms with Crippen molar-refractivity contribution in [1.29, 1.82) is 5.26 Å². The molecule has 2 aromatic carbocycles. The third-order valence-corrected chi connectivity index (χ3v) is 4.05. The van der Waals surface area contributed by atoms with Gasteiger partial charge in [0, 0.05) is 12.5 Å². The van der Waals surface area contributed by atoms with E-state index in [0.717, 1.165) is 20.8 Å². The number of hydrogen-bond acceptors (Lipinski definition) is 4. The molecular formula is C16H11N3OS. The molecule has 0 unspecified atom stereocenters. The molecule has 0 aliphatic rings. The van der Waals surface area contributed by atoms with Gasteiger partial charge in [-0.1, -0.05) is 12.1 Å². The summed E-state index contributed by atoms with van der Waals surface area (Å²) in [5.74, 6) is -0.151. The van der Waals surface area contributed by atoms with Gasteiger partial charge < -0.3 is 5.32 Å². The van der Waals surface area contributed by atoms with E-state index >= 15 is 0 Å². The second-order valence-corrected chi connectivity index (χ2v) is 5.57. The summed E-state index contributed by atoms with van der Waals surface area (Å²) in [4.78, 5) is 15.9. The minimum Gasteiger partial charge on any atom is -0.326 e. The summed E-state index contributed by atoms with van der Waals surface area (Å²) in [6.07, 6.45) is 0.